The second-order valence-corrected chi connectivity index (χ2v) is 5.22. The number of ether oxygens (including phenoxy) is 1. The van der Waals surface area contributed by atoms with Crippen LogP contribution in [0.2, 0.25) is 0 Å². The molecule has 2 heteroatoms. The van der Waals surface area contributed by atoms with Crippen LogP contribution >= 0.6 is 0 Å². The van der Waals surface area contributed by atoms with Crippen LogP contribution in [0.1, 0.15) is 40.7 Å². The van der Waals surface area contributed by atoms with Crippen LogP contribution < -0.4 is 4.74 Å². The number of hydrogen-bond donors (Lipinski definition) is 0. The molecule has 2 aromatic rings. The number of Topliss-reactive ketones (excluding diaryl/α,β-unsaturated/α-hetero) is 1. The zero-order chi connectivity index (χ0) is 13.8. The molecular weight excluding hydrogens is 248 g/mol. The number of ketones is 1. The van der Waals surface area contributed by atoms with Gasteiger partial charge in [-0.2, -0.15) is 0 Å². The molecule has 2 aromatic carbocycles. The second kappa shape index (κ2) is 5.91. The van der Waals surface area contributed by atoms with Gasteiger partial charge < -0.3 is 4.74 Å². The molecule has 0 N–H and O–H groups in total. The van der Waals surface area contributed by atoms with Gasteiger partial charge in [0.05, 0.1) is 0 Å². The van der Waals surface area contributed by atoms with Crippen molar-refractivity contribution in [2.75, 3.05) is 0 Å². The summed E-state index contributed by atoms with van der Waals surface area (Å²) in [5.41, 5.74) is 3.17. The molecule has 1 aliphatic rings. The first-order chi connectivity index (χ1) is 9.83. The zero-order valence-corrected chi connectivity index (χ0v) is 11.5. The van der Waals surface area contributed by atoms with Crippen molar-refractivity contribution in [1.29, 1.82) is 0 Å². The number of fused-ring (bicyclic) bond motifs is 1. The Hall–Kier alpha value is -2.09. The van der Waals surface area contributed by atoms with Crippen LogP contribution in [0.5, 0.6) is 5.75 Å². The minimum atomic E-state index is 0.270. The normalized spacial score (nSPS) is 14.5. The monoisotopic (exact) mass is 266 g/mol. The fraction of sp³-hybridized carbons (Fsp3) is 0.278. The van der Waals surface area contributed by atoms with E-state index in [1.165, 1.54) is 0 Å². The van der Waals surface area contributed by atoms with E-state index < -0.39 is 0 Å². The molecule has 0 unspecified atom stereocenters. The summed E-state index contributed by atoms with van der Waals surface area (Å²) in [6.45, 7) is 0.563. The summed E-state index contributed by atoms with van der Waals surface area (Å²) in [6, 6.07) is 16.0. The minimum absolute atomic E-state index is 0.270. The van der Waals surface area contributed by atoms with E-state index in [9.17, 15) is 4.79 Å². The Morgan fingerprint density at radius 1 is 0.950 bits per heavy atom. The van der Waals surface area contributed by atoms with Gasteiger partial charge in [0.1, 0.15) is 12.4 Å². The van der Waals surface area contributed by atoms with E-state index in [2.05, 4.69) is 0 Å². The predicted octanol–water partition coefficient (Wildman–Crippen LogP) is 4.17. The highest BCUT2D eigenvalue weighted by molar-refractivity contribution is 5.97. The third kappa shape index (κ3) is 2.90. The number of carbonyl (C=O) groups is 1. The topological polar surface area (TPSA) is 26.3 Å². The molecule has 20 heavy (non-hydrogen) atoms. The summed E-state index contributed by atoms with van der Waals surface area (Å²) in [5.74, 6) is 1.12. The number of carbonyl (C=O) groups excluding carboxylic acids is 1. The molecule has 0 fully saturated rings. The van der Waals surface area contributed by atoms with Crippen molar-refractivity contribution in [3.8, 4) is 5.75 Å². The smallest absolute Gasteiger partial charge is 0.163 e. The molecule has 0 atom stereocenters. The van der Waals surface area contributed by atoms with Crippen molar-refractivity contribution in [2.45, 2.75) is 32.3 Å². The number of rotatable bonds is 3. The highest BCUT2D eigenvalue weighted by Gasteiger charge is 2.15. The molecule has 0 saturated heterocycles. The molecule has 102 valence electrons. The van der Waals surface area contributed by atoms with E-state index in [1.54, 1.807) is 0 Å². The lowest BCUT2D eigenvalue weighted by atomic mass is 10.0. The molecule has 0 bridgehead atoms. The van der Waals surface area contributed by atoms with E-state index in [-0.39, 0.29) is 5.78 Å². The lowest BCUT2D eigenvalue weighted by Crippen LogP contribution is -2.01. The molecule has 0 heterocycles. The SMILES string of the molecule is O=C1CCCCc2cc(OCc3ccccc3)ccc21. The van der Waals surface area contributed by atoms with Gasteiger partial charge in [-0.25, -0.2) is 0 Å². The van der Waals surface area contributed by atoms with Gasteiger partial charge in [0.2, 0.25) is 0 Å². The third-order valence-corrected chi connectivity index (χ3v) is 3.73. The van der Waals surface area contributed by atoms with E-state index in [0.29, 0.717) is 13.0 Å². The van der Waals surface area contributed by atoms with Crippen molar-refractivity contribution in [1.82, 2.24) is 0 Å². The third-order valence-electron chi connectivity index (χ3n) is 3.73. The highest BCUT2D eigenvalue weighted by atomic mass is 16.5. The van der Waals surface area contributed by atoms with Crippen molar-refractivity contribution in [2.24, 2.45) is 0 Å². The maximum absolute atomic E-state index is 12.0. The predicted molar refractivity (Wildman–Crippen MR) is 79.1 cm³/mol. The van der Waals surface area contributed by atoms with Gasteiger partial charge in [0, 0.05) is 12.0 Å². The average Bonchev–Trinajstić information content (AvgIpc) is 2.68. The van der Waals surface area contributed by atoms with Gasteiger partial charge in [-0.3, -0.25) is 4.79 Å². The number of benzene rings is 2. The van der Waals surface area contributed by atoms with Gasteiger partial charge in [0.15, 0.2) is 5.78 Å². The first-order valence-electron chi connectivity index (χ1n) is 7.16. The van der Waals surface area contributed by atoms with E-state index in [4.69, 9.17) is 4.74 Å². The first kappa shape index (κ1) is 12.9. The Kier molecular flexibility index (Phi) is 3.82. The molecule has 0 aliphatic heterocycles. The molecule has 3 rings (SSSR count). The van der Waals surface area contributed by atoms with Crippen LogP contribution in [0.3, 0.4) is 0 Å². The van der Waals surface area contributed by atoms with Crippen molar-refractivity contribution < 1.29 is 9.53 Å². The summed E-state index contributed by atoms with van der Waals surface area (Å²) in [6.07, 6.45) is 3.73. The van der Waals surface area contributed by atoms with Crippen molar-refractivity contribution in [3.05, 3.63) is 65.2 Å². The Morgan fingerprint density at radius 3 is 2.60 bits per heavy atom. The van der Waals surface area contributed by atoms with Gasteiger partial charge in [-0.05, 0) is 48.6 Å². The highest BCUT2D eigenvalue weighted by Crippen LogP contribution is 2.25. The molecular formula is C18H18O2. The first-order valence-corrected chi connectivity index (χ1v) is 7.16. The summed E-state index contributed by atoms with van der Waals surface area (Å²) in [5, 5.41) is 0. The second-order valence-electron chi connectivity index (χ2n) is 5.22. The Balaban J connectivity index is 1.75. The van der Waals surface area contributed by atoms with Crippen LogP contribution in [-0.2, 0) is 13.0 Å². The van der Waals surface area contributed by atoms with Crippen LogP contribution in [0.4, 0.5) is 0 Å². The number of aryl methyl sites for hydroxylation is 1. The van der Waals surface area contributed by atoms with Crippen molar-refractivity contribution in [3.63, 3.8) is 0 Å². The van der Waals surface area contributed by atoms with Crippen LogP contribution in [0, 0.1) is 0 Å². The molecule has 0 aromatic heterocycles. The zero-order valence-electron chi connectivity index (χ0n) is 11.5. The molecule has 0 saturated carbocycles. The van der Waals surface area contributed by atoms with E-state index in [0.717, 1.165) is 41.7 Å². The van der Waals surface area contributed by atoms with Gasteiger partial charge in [-0.1, -0.05) is 30.3 Å². The molecule has 0 spiro atoms. The fourth-order valence-electron chi connectivity index (χ4n) is 2.62. The van der Waals surface area contributed by atoms with Crippen LogP contribution in [-0.4, -0.2) is 5.78 Å². The van der Waals surface area contributed by atoms with E-state index in [1.807, 2.05) is 48.5 Å². The fourth-order valence-corrected chi connectivity index (χ4v) is 2.62. The maximum atomic E-state index is 12.0. The van der Waals surface area contributed by atoms with Crippen LogP contribution in [0.25, 0.3) is 0 Å². The summed E-state index contributed by atoms with van der Waals surface area (Å²) in [7, 11) is 0. The quantitative estimate of drug-likeness (QED) is 0.779. The lowest BCUT2D eigenvalue weighted by Gasteiger charge is -2.10. The molecule has 1 aliphatic carbocycles. The summed E-state index contributed by atoms with van der Waals surface area (Å²) < 4.78 is 5.82. The van der Waals surface area contributed by atoms with Gasteiger partial charge in [0.25, 0.3) is 0 Å². The number of hydrogen-bond acceptors (Lipinski definition) is 2. The lowest BCUT2D eigenvalue weighted by molar-refractivity contribution is 0.0982. The van der Waals surface area contributed by atoms with Gasteiger partial charge >= 0.3 is 0 Å². The maximum Gasteiger partial charge on any atom is 0.163 e. The summed E-state index contributed by atoms with van der Waals surface area (Å²) in [4.78, 5) is 12.0. The minimum Gasteiger partial charge on any atom is -0.489 e. The standard InChI is InChI=1S/C18H18O2/c19-18-9-5-4-8-15-12-16(10-11-17(15)18)20-13-14-6-2-1-3-7-14/h1-3,6-7,10-12H,4-5,8-9,13H2. The Bertz CT molecular complexity index is 602. The van der Waals surface area contributed by atoms with Crippen LogP contribution in [0.15, 0.2) is 48.5 Å². The Labute approximate surface area is 119 Å². The molecule has 0 amide bonds. The summed E-state index contributed by atoms with van der Waals surface area (Å²) >= 11 is 0. The average molecular weight is 266 g/mol. The Morgan fingerprint density at radius 2 is 1.75 bits per heavy atom. The molecule has 2 nitrogen and oxygen atoms in total. The molecule has 0 radical (unpaired) electrons. The van der Waals surface area contributed by atoms with E-state index >= 15 is 0 Å². The van der Waals surface area contributed by atoms with Crippen molar-refractivity contribution >= 4 is 5.78 Å². The largest absolute Gasteiger partial charge is 0.489 e. The van der Waals surface area contributed by atoms with Gasteiger partial charge in [-0.15, -0.1) is 0 Å².